The Morgan fingerprint density at radius 1 is 0.806 bits per heavy atom. The third kappa shape index (κ3) is 3.92. The van der Waals surface area contributed by atoms with Crippen LogP contribution in [0, 0.1) is 52.3 Å². The standard InChI is InChI=1S/C27H48O4/c1-16(15-28)6-5-7-17(2)19-8-9-20-23-21(11-13-26(19,20)3)27(4)12-10-18(29)14-22(27)24(30)25(23)31/h16-25,28-31H,5-15H2,1-4H3/t16?,17-,18-,19-,20+,21+,22+,23+,24+,25+,26-,27-/m1/s1. The number of fused-ring (bicyclic) bond motifs is 5. The maximum Gasteiger partial charge on any atom is 0.0836 e. The van der Waals surface area contributed by atoms with E-state index in [0.717, 1.165) is 25.7 Å². The van der Waals surface area contributed by atoms with Crippen molar-refractivity contribution in [3.05, 3.63) is 0 Å². The fourth-order valence-electron chi connectivity index (χ4n) is 9.30. The molecule has 4 heteroatoms. The molecule has 1 unspecified atom stereocenters. The van der Waals surface area contributed by atoms with Crippen molar-refractivity contribution < 1.29 is 20.4 Å². The highest BCUT2D eigenvalue weighted by atomic mass is 16.3. The van der Waals surface area contributed by atoms with Gasteiger partial charge in [-0.2, -0.15) is 0 Å². The third-order valence-electron chi connectivity index (χ3n) is 11.2. The Hall–Kier alpha value is -0.160. The molecule has 0 spiro atoms. The van der Waals surface area contributed by atoms with Crippen LogP contribution in [0.25, 0.3) is 0 Å². The van der Waals surface area contributed by atoms with E-state index in [1.165, 1.54) is 32.1 Å². The van der Waals surface area contributed by atoms with E-state index in [1.54, 1.807) is 0 Å². The van der Waals surface area contributed by atoms with E-state index in [-0.39, 0.29) is 35.4 Å². The van der Waals surface area contributed by atoms with E-state index in [1.807, 2.05) is 0 Å². The molecule has 180 valence electrons. The van der Waals surface area contributed by atoms with Gasteiger partial charge >= 0.3 is 0 Å². The van der Waals surface area contributed by atoms with Gasteiger partial charge in [-0.05, 0) is 104 Å². The molecule has 0 aromatic rings. The largest absolute Gasteiger partial charge is 0.396 e. The predicted molar refractivity (Wildman–Crippen MR) is 123 cm³/mol. The first-order valence-corrected chi connectivity index (χ1v) is 13.3. The zero-order valence-electron chi connectivity index (χ0n) is 20.3. The molecule has 0 saturated heterocycles. The first-order valence-electron chi connectivity index (χ1n) is 13.3. The van der Waals surface area contributed by atoms with Crippen LogP contribution in [0.2, 0.25) is 0 Å². The van der Waals surface area contributed by atoms with Gasteiger partial charge in [0.15, 0.2) is 0 Å². The van der Waals surface area contributed by atoms with Crippen LogP contribution in [-0.2, 0) is 0 Å². The molecule has 4 rings (SSSR count). The van der Waals surface area contributed by atoms with Crippen molar-refractivity contribution in [3.63, 3.8) is 0 Å². The molecule has 4 N–H and O–H groups in total. The minimum Gasteiger partial charge on any atom is -0.396 e. The van der Waals surface area contributed by atoms with Gasteiger partial charge in [-0.3, -0.25) is 0 Å². The van der Waals surface area contributed by atoms with E-state index in [0.29, 0.717) is 36.0 Å². The van der Waals surface area contributed by atoms with Gasteiger partial charge < -0.3 is 20.4 Å². The SMILES string of the molecule is CC(CO)CCC[C@@H](C)[C@H]1CC[C@H]2[C@@H]3[C@H](O)[C@@H](O)[C@@H]4C[C@H](O)CC[C@]4(C)[C@H]3CC[C@]12C. The summed E-state index contributed by atoms with van der Waals surface area (Å²) in [5.41, 5.74) is 0.315. The van der Waals surface area contributed by atoms with E-state index in [2.05, 4.69) is 27.7 Å². The van der Waals surface area contributed by atoms with E-state index < -0.39 is 12.2 Å². The summed E-state index contributed by atoms with van der Waals surface area (Å²) in [5, 5.41) is 42.1. The molecular formula is C27H48O4. The van der Waals surface area contributed by atoms with Crippen LogP contribution >= 0.6 is 0 Å². The van der Waals surface area contributed by atoms with E-state index in [9.17, 15) is 20.4 Å². The van der Waals surface area contributed by atoms with Gasteiger partial charge in [0.1, 0.15) is 0 Å². The maximum atomic E-state index is 11.4. The van der Waals surface area contributed by atoms with Crippen molar-refractivity contribution in [2.75, 3.05) is 6.61 Å². The fraction of sp³-hybridized carbons (Fsp3) is 1.00. The van der Waals surface area contributed by atoms with Crippen LogP contribution in [0.3, 0.4) is 0 Å². The molecular weight excluding hydrogens is 388 g/mol. The quantitative estimate of drug-likeness (QED) is 0.498. The van der Waals surface area contributed by atoms with Gasteiger partial charge in [-0.15, -0.1) is 0 Å². The molecule has 0 heterocycles. The highest BCUT2D eigenvalue weighted by Crippen LogP contribution is 2.68. The molecule has 12 atom stereocenters. The average molecular weight is 437 g/mol. The Morgan fingerprint density at radius 3 is 2.19 bits per heavy atom. The van der Waals surface area contributed by atoms with Gasteiger partial charge in [-0.1, -0.05) is 40.5 Å². The first kappa shape index (κ1) is 24.0. The monoisotopic (exact) mass is 436 g/mol. The van der Waals surface area contributed by atoms with Crippen LogP contribution < -0.4 is 0 Å². The summed E-state index contributed by atoms with van der Waals surface area (Å²) in [6, 6.07) is 0. The number of aliphatic hydroxyl groups excluding tert-OH is 4. The predicted octanol–water partition coefficient (Wildman–Crippen LogP) is 4.38. The smallest absolute Gasteiger partial charge is 0.0836 e. The number of hydrogen-bond acceptors (Lipinski definition) is 4. The summed E-state index contributed by atoms with van der Waals surface area (Å²) in [7, 11) is 0. The summed E-state index contributed by atoms with van der Waals surface area (Å²) in [5.74, 6) is 2.99. The second kappa shape index (κ2) is 8.89. The molecule has 4 nitrogen and oxygen atoms in total. The Bertz CT molecular complexity index is 624. The summed E-state index contributed by atoms with van der Waals surface area (Å²) >= 11 is 0. The van der Waals surface area contributed by atoms with Crippen LogP contribution in [0.1, 0.15) is 91.9 Å². The number of aliphatic hydroxyl groups is 4. The van der Waals surface area contributed by atoms with Crippen LogP contribution in [-0.4, -0.2) is 45.3 Å². The van der Waals surface area contributed by atoms with Gasteiger partial charge in [0.2, 0.25) is 0 Å². The number of rotatable bonds is 6. The third-order valence-corrected chi connectivity index (χ3v) is 11.2. The minimum absolute atomic E-state index is 0.0292. The summed E-state index contributed by atoms with van der Waals surface area (Å²) in [4.78, 5) is 0. The first-order chi connectivity index (χ1) is 14.6. The maximum absolute atomic E-state index is 11.4. The second-order valence-corrected chi connectivity index (χ2v) is 12.7. The molecule has 0 aliphatic heterocycles. The topological polar surface area (TPSA) is 80.9 Å². The van der Waals surface area contributed by atoms with Gasteiger partial charge in [-0.25, -0.2) is 0 Å². The fourth-order valence-corrected chi connectivity index (χ4v) is 9.30. The summed E-state index contributed by atoms with van der Waals surface area (Å²) in [6.45, 7) is 9.71. The number of hydrogen-bond donors (Lipinski definition) is 4. The molecule has 0 radical (unpaired) electrons. The van der Waals surface area contributed by atoms with Crippen molar-refractivity contribution in [1.29, 1.82) is 0 Å². The normalized spacial score (nSPS) is 51.5. The van der Waals surface area contributed by atoms with Crippen molar-refractivity contribution >= 4 is 0 Å². The van der Waals surface area contributed by atoms with Gasteiger partial charge in [0, 0.05) is 6.61 Å². The lowest BCUT2D eigenvalue weighted by atomic mass is 9.43. The van der Waals surface area contributed by atoms with Gasteiger partial charge in [0.05, 0.1) is 18.3 Å². The van der Waals surface area contributed by atoms with E-state index >= 15 is 0 Å². The zero-order chi connectivity index (χ0) is 22.6. The van der Waals surface area contributed by atoms with Crippen molar-refractivity contribution in [3.8, 4) is 0 Å². The molecule has 31 heavy (non-hydrogen) atoms. The highest BCUT2D eigenvalue weighted by Gasteiger charge is 2.65. The molecule has 0 amide bonds. The lowest BCUT2D eigenvalue weighted by Gasteiger charge is -2.63. The Kier molecular flexibility index (Phi) is 6.88. The minimum atomic E-state index is -0.694. The van der Waals surface area contributed by atoms with Crippen LogP contribution in [0.4, 0.5) is 0 Å². The molecule has 0 bridgehead atoms. The summed E-state index contributed by atoms with van der Waals surface area (Å²) in [6.07, 6.45) is 9.18. The average Bonchev–Trinajstić information content (AvgIpc) is 3.10. The van der Waals surface area contributed by atoms with E-state index in [4.69, 9.17) is 0 Å². The lowest BCUT2D eigenvalue weighted by Crippen LogP contribution is -2.64. The Morgan fingerprint density at radius 2 is 1.48 bits per heavy atom. The molecule has 4 fully saturated rings. The van der Waals surface area contributed by atoms with Gasteiger partial charge in [0.25, 0.3) is 0 Å². The highest BCUT2D eigenvalue weighted by molar-refractivity contribution is 5.14. The molecule has 4 aliphatic carbocycles. The Labute approximate surface area is 189 Å². The van der Waals surface area contributed by atoms with Crippen LogP contribution in [0.5, 0.6) is 0 Å². The summed E-state index contributed by atoms with van der Waals surface area (Å²) < 4.78 is 0. The lowest BCUT2D eigenvalue weighted by molar-refractivity contribution is -0.223. The van der Waals surface area contributed by atoms with Crippen molar-refractivity contribution in [2.24, 2.45) is 52.3 Å². The molecule has 0 aromatic carbocycles. The van der Waals surface area contributed by atoms with Crippen molar-refractivity contribution in [2.45, 2.75) is 110 Å². The Balaban J connectivity index is 1.51. The molecule has 4 saturated carbocycles. The van der Waals surface area contributed by atoms with Crippen molar-refractivity contribution in [1.82, 2.24) is 0 Å². The zero-order valence-corrected chi connectivity index (χ0v) is 20.3. The van der Waals surface area contributed by atoms with Crippen LogP contribution in [0.15, 0.2) is 0 Å². The second-order valence-electron chi connectivity index (χ2n) is 12.7. The molecule has 0 aromatic heterocycles. The molecule has 4 aliphatic rings.